The molecule has 1 rings (SSSR count). The summed E-state index contributed by atoms with van der Waals surface area (Å²) < 4.78 is 17.9. The maximum Gasteiger partial charge on any atom is 0.411 e. The molecule has 18 heavy (non-hydrogen) atoms. The number of carbonyl (C=O) groups is 2. The van der Waals surface area contributed by atoms with Crippen molar-refractivity contribution in [3.8, 4) is 0 Å². The third-order valence-electron chi connectivity index (χ3n) is 2.17. The zero-order chi connectivity index (χ0) is 13.7. The zero-order valence-electron chi connectivity index (χ0n) is 9.70. The van der Waals surface area contributed by atoms with E-state index in [0.29, 0.717) is 0 Å². The number of anilines is 1. The Morgan fingerprint density at radius 3 is 2.78 bits per heavy atom. The molecule has 0 aliphatic carbocycles. The van der Waals surface area contributed by atoms with E-state index in [0.717, 1.165) is 12.1 Å². The molecule has 0 radical (unpaired) electrons. The Hall–Kier alpha value is -2.37. The van der Waals surface area contributed by atoms with Crippen molar-refractivity contribution >= 4 is 17.7 Å². The van der Waals surface area contributed by atoms with Gasteiger partial charge in [-0.3, -0.25) is 5.32 Å². The Balaban J connectivity index is 2.98. The van der Waals surface area contributed by atoms with Crippen molar-refractivity contribution < 1.29 is 23.8 Å². The highest BCUT2D eigenvalue weighted by molar-refractivity contribution is 5.94. The van der Waals surface area contributed by atoms with Gasteiger partial charge >= 0.3 is 12.1 Å². The van der Waals surface area contributed by atoms with Crippen LogP contribution in [-0.2, 0) is 4.74 Å². The number of nitrogens with one attached hydrogen (secondary N) is 1. The lowest BCUT2D eigenvalue weighted by atomic mass is 10.1. The van der Waals surface area contributed by atoms with Gasteiger partial charge in [0.05, 0.1) is 11.3 Å². The summed E-state index contributed by atoms with van der Waals surface area (Å²) in [6.07, 6.45) is 0.570. The van der Waals surface area contributed by atoms with E-state index in [-0.39, 0.29) is 23.4 Å². The molecule has 1 aromatic rings. The van der Waals surface area contributed by atoms with E-state index in [9.17, 15) is 14.0 Å². The van der Waals surface area contributed by atoms with E-state index in [4.69, 9.17) is 5.11 Å². The normalized spacial score (nSPS) is 9.67. The van der Waals surface area contributed by atoms with Crippen LogP contribution in [0, 0.1) is 12.7 Å². The van der Waals surface area contributed by atoms with Gasteiger partial charge in [-0.05, 0) is 24.6 Å². The molecule has 2 N–H and O–H groups in total. The van der Waals surface area contributed by atoms with Crippen LogP contribution in [0.2, 0.25) is 0 Å². The number of rotatable bonds is 4. The van der Waals surface area contributed by atoms with Crippen LogP contribution in [0.25, 0.3) is 0 Å². The van der Waals surface area contributed by atoms with Gasteiger partial charge in [0.1, 0.15) is 12.4 Å². The first-order chi connectivity index (χ1) is 8.45. The Labute approximate surface area is 103 Å². The molecule has 1 amide bonds. The predicted molar refractivity (Wildman–Crippen MR) is 63.3 cm³/mol. The number of benzene rings is 1. The average molecular weight is 253 g/mol. The number of carboxylic acids is 1. The molecule has 0 atom stereocenters. The number of carboxylic acid groups (broad SMARTS) is 1. The summed E-state index contributed by atoms with van der Waals surface area (Å²) in [6.45, 7) is 4.84. The zero-order valence-corrected chi connectivity index (χ0v) is 9.70. The van der Waals surface area contributed by atoms with E-state index >= 15 is 0 Å². The van der Waals surface area contributed by atoms with Crippen LogP contribution in [0.3, 0.4) is 0 Å². The first-order valence-corrected chi connectivity index (χ1v) is 5.03. The number of hydrogen-bond donors (Lipinski definition) is 2. The summed E-state index contributed by atoms with van der Waals surface area (Å²) in [6, 6.07) is 1.91. The number of carbonyl (C=O) groups excluding carboxylic acids is 1. The first kappa shape index (κ1) is 13.7. The van der Waals surface area contributed by atoms with Gasteiger partial charge in [-0.15, -0.1) is 0 Å². The van der Waals surface area contributed by atoms with Crippen molar-refractivity contribution in [2.75, 3.05) is 11.9 Å². The van der Waals surface area contributed by atoms with Gasteiger partial charge in [0.2, 0.25) is 0 Å². The summed E-state index contributed by atoms with van der Waals surface area (Å²) in [4.78, 5) is 22.1. The van der Waals surface area contributed by atoms with Crippen molar-refractivity contribution in [3.63, 3.8) is 0 Å². The lowest BCUT2D eigenvalue weighted by Gasteiger charge is -2.10. The number of aromatic carboxylic acids is 1. The highest BCUT2D eigenvalue weighted by atomic mass is 19.1. The molecule has 5 nitrogen and oxygen atoms in total. The molecule has 0 saturated heterocycles. The van der Waals surface area contributed by atoms with Gasteiger partial charge in [0.25, 0.3) is 0 Å². The van der Waals surface area contributed by atoms with E-state index in [1.807, 2.05) is 0 Å². The van der Waals surface area contributed by atoms with Gasteiger partial charge in [-0.1, -0.05) is 12.7 Å². The number of halogens is 1. The fraction of sp³-hybridized carbons (Fsp3) is 0.167. The van der Waals surface area contributed by atoms with Crippen LogP contribution in [0.5, 0.6) is 0 Å². The summed E-state index contributed by atoms with van der Waals surface area (Å²) >= 11 is 0. The first-order valence-electron chi connectivity index (χ1n) is 5.03. The quantitative estimate of drug-likeness (QED) is 0.808. The molecule has 0 aromatic heterocycles. The SMILES string of the molecule is C=CCOC(=O)Nc1cc(F)cc(C(=O)O)c1C. The van der Waals surface area contributed by atoms with Crippen LogP contribution < -0.4 is 5.32 Å². The number of hydrogen-bond acceptors (Lipinski definition) is 3. The highest BCUT2D eigenvalue weighted by Crippen LogP contribution is 2.21. The molecule has 0 aliphatic heterocycles. The minimum atomic E-state index is -1.27. The summed E-state index contributed by atoms with van der Waals surface area (Å²) in [5, 5.41) is 11.1. The monoisotopic (exact) mass is 253 g/mol. The van der Waals surface area contributed by atoms with Crippen molar-refractivity contribution in [3.05, 3.63) is 41.7 Å². The van der Waals surface area contributed by atoms with Crippen molar-refractivity contribution in [1.29, 1.82) is 0 Å². The molecule has 1 aromatic carbocycles. The maximum absolute atomic E-state index is 13.2. The summed E-state index contributed by atoms with van der Waals surface area (Å²) in [7, 11) is 0. The second-order valence-electron chi connectivity index (χ2n) is 3.44. The molecule has 0 unspecified atom stereocenters. The van der Waals surface area contributed by atoms with Gasteiger partial charge in [0.15, 0.2) is 0 Å². The van der Waals surface area contributed by atoms with E-state index in [1.165, 1.54) is 13.0 Å². The third-order valence-corrected chi connectivity index (χ3v) is 2.17. The molecule has 96 valence electrons. The third kappa shape index (κ3) is 3.31. The van der Waals surface area contributed by atoms with E-state index in [1.54, 1.807) is 0 Å². The average Bonchev–Trinajstić information content (AvgIpc) is 2.30. The van der Waals surface area contributed by atoms with Gasteiger partial charge in [0, 0.05) is 0 Å². The molecular weight excluding hydrogens is 241 g/mol. The van der Waals surface area contributed by atoms with Crippen LogP contribution in [0.4, 0.5) is 14.9 Å². The predicted octanol–water partition coefficient (Wildman–Crippen LogP) is 2.57. The van der Waals surface area contributed by atoms with E-state index in [2.05, 4.69) is 16.6 Å². The molecule has 0 fully saturated rings. The van der Waals surface area contributed by atoms with Gasteiger partial charge in [-0.2, -0.15) is 0 Å². The van der Waals surface area contributed by atoms with Gasteiger partial charge in [-0.25, -0.2) is 14.0 Å². The second kappa shape index (κ2) is 5.81. The second-order valence-corrected chi connectivity index (χ2v) is 3.44. The molecule has 6 heteroatoms. The smallest absolute Gasteiger partial charge is 0.411 e. The minimum absolute atomic E-state index is 0.00594. The van der Waals surface area contributed by atoms with Crippen molar-refractivity contribution in [2.24, 2.45) is 0 Å². The lowest BCUT2D eigenvalue weighted by molar-refractivity contribution is 0.0695. The minimum Gasteiger partial charge on any atom is -0.478 e. The Morgan fingerprint density at radius 2 is 2.22 bits per heavy atom. The fourth-order valence-electron chi connectivity index (χ4n) is 1.31. The number of amides is 1. The molecule has 0 saturated carbocycles. The van der Waals surface area contributed by atoms with Crippen molar-refractivity contribution in [1.82, 2.24) is 0 Å². The Bertz CT molecular complexity index is 499. The van der Waals surface area contributed by atoms with Gasteiger partial charge < -0.3 is 9.84 Å². The standard InChI is InChI=1S/C12H12FNO4/c1-3-4-18-12(17)14-10-6-8(13)5-9(7(10)2)11(15)16/h3,5-6H,1,4H2,2H3,(H,14,17)(H,15,16). The van der Waals surface area contributed by atoms with Crippen LogP contribution in [-0.4, -0.2) is 23.8 Å². The summed E-state index contributed by atoms with van der Waals surface area (Å²) in [5.74, 6) is -2.02. The van der Waals surface area contributed by atoms with Crippen LogP contribution in [0.1, 0.15) is 15.9 Å². The molecule has 0 heterocycles. The molecule has 0 aliphatic rings. The number of ether oxygens (including phenoxy) is 1. The Kier molecular flexibility index (Phi) is 4.42. The fourth-order valence-corrected chi connectivity index (χ4v) is 1.31. The van der Waals surface area contributed by atoms with E-state index < -0.39 is 17.9 Å². The molecule has 0 bridgehead atoms. The topological polar surface area (TPSA) is 75.6 Å². The molecule has 0 spiro atoms. The summed E-state index contributed by atoms with van der Waals surface area (Å²) in [5.41, 5.74) is 0.0925. The van der Waals surface area contributed by atoms with Crippen LogP contribution in [0.15, 0.2) is 24.8 Å². The van der Waals surface area contributed by atoms with Crippen LogP contribution >= 0.6 is 0 Å². The lowest BCUT2D eigenvalue weighted by Crippen LogP contribution is -2.15. The highest BCUT2D eigenvalue weighted by Gasteiger charge is 2.14. The Morgan fingerprint density at radius 1 is 1.56 bits per heavy atom. The maximum atomic E-state index is 13.2. The molecular formula is C12H12FNO4. The van der Waals surface area contributed by atoms with Crippen molar-refractivity contribution in [2.45, 2.75) is 6.92 Å². The largest absolute Gasteiger partial charge is 0.478 e.